The van der Waals surface area contributed by atoms with E-state index < -0.39 is 0 Å². The Kier molecular flexibility index (Phi) is 6.42. The van der Waals surface area contributed by atoms with E-state index in [1.807, 2.05) is 73.1 Å². The molecule has 0 spiro atoms. The van der Waals surface area contributed by atoms with Crippen molar-refractivity contribution in [2.45, 2.75) is 0 Å². The minimum Gasteiger partial charge on any atom is -0.456 e. The fraction of sp³-hybridized carbons (Fsp3) is 0. The van der Waals surface area contributed by atoms with Crippen molar-refractivity contribution in [3.8, 4) is 56.2 Å². The van der Waals surface area contributed by atoms with Crippen LogP contribution in [0.25, 0.3) is 100 Å². The average Bonchev–Trinajstić information content (AvgIpc) is 3.77. The molecule has 4 heterocycles. The van der Waals surface area contributed by atoms with Gasteiger partial charge in [0, 0.05) is 45.1 Å². The third-order valence-corrected chi connectivity index (χ3v) is 9.44. The van der Waals surface area contributed by atoms with Gasteiger partial charge in [0.15, 0.2) is 5.82 Å². The molecule has 10 aromatic rings. The number of aromatic nitrogens is 3. The van der Waals surface area contributed by atoms with E-state index in [9.17, 15) is 0 Å². The van der Waals surface area contributed by atoms with E-state index in [1.165, 1.54) is 0 Å². The van der Waals surface area contributed by atoms with Crippen LogP contribution in [0.15, 0.2) is 173 Å². The molecule has 0 aliphatic carbocycles. The lowest BCUT2D eigenvalue weighted by molar-refractivity contribution is 0.669. The topological polar surface area (TPSA) is 65.0 Å². The van der Waals surface area contributed by atoms with Crippen LogP contribution in [-0.2, 0) is 0 Å². The Labute approximate surface area is 287 Å². The molecule has 0 saturated heterocycles. The van der Waals surface area contributed by atoms with Gasteiger partial charge in [-0.25, -0.2) is 9.97 Å². The number of hydrogen-bond donors (Lipinski definition) is 0. The highest BCUT2D eigenvalue weighted by atomic mass is 16.3. The van der Waals surface area contributed by atoms with E-state index in [4.69, 9.17) is 18.8 Å². The molecule has 0 aliphatic heterocycles. The molecule has 6 aromatic carbocycles. The SMILES string of the molecule is c1ccc(-c2cc(-c3ccc(-c4ccncc4)cc3)nc(-c3ccc(-c4ccc5oc6ccccc6c5c4)c4c3oc3ccccc34)n2)cc1. The van der Waals surface area contributed by atoms with Crippen molar-refractivity contribution in [2.24, 2.45) is 0 Å². The number of para-hydroxylation sites is 2. The van der Waals surface area contributed by atoms with Gasteiger partial charge in [-0.2, -0.15) is 0 Å². The van der Waals surface area contributed by atoms with Crippen LogP contribution in [-0.4, -0.2) is 15.0 Å². The third kappa shape index (κ3) is 4.67. The van der Waals surface area contributed by atoms with Gasteiger partial charge in [0.1, 0.15) is 22.3 Å². The Hall–Kier alpha value is -6.85. The molecule has 234 valence electrons. The zero-order chi connectivity index (χ0) is 33.0. The Morgan fingerprint density at radius 2 is 0.960 bits per heavy atom. The van der Waals surface area contributed by atoms with Crippen molar-refractivity contribution in [1.82, 2.24) is 15.0 Å². The summed E-state index contributed by atoms with van der Waals surface area (Å²) in [5.41, 5.74) is 12.3. The van der Waals surface area contributed by atoms with Crippen molar-refractivity contribution in [1.29, 1.82) is 0 Å². The van der Waals surface area contributed by atoms with Gasteiger partial charge < -0.3 is 8.83 Å². The van der Waals surface area contributed by atoms with Crippen LogP contribution < -0.4 is 0 Å². The maximum absolute atomic E-state index is 6.70. The molecule has 5 heteroatoms. The van der Waals surface area contributed by atoms with Gasteiger partial charge >= 0.3 is 0 Å². The van der Waals surface area contributed by atoms with Crippen molar-refractivity contribution in [3.05, 3.63) is 164 Å². The van der Waals surface area contributed by atoms with Crippen LogP contribution >= 0.6 is 0 Å². The summed E-state index contributed by atoms with van der Waals surface area (Å²) >= 11 is 0. The van der Waals surface area contributed by atoms with Crippen LogP contribution in [0.5, 0.6) is 0 Å². The van der Waals surface area contributed by atoms with E-state index in [1.54, 1.807) is 0 Å². The summed E-state index contributed by atoms with van der Waals surface area (Å²) in [5, 5.41) is 4.26. The van der Waals surface area contributed by atoms with Gasteiger partial charge in [0.25, 0.3) is 0 Å². The first-order valence-corrected chi connectivity index (χ1v) is 16.6. The zero-order valence-corrected chi connectivity index (χ0v) is 26.7. The van der Waals surface area contributed by atoms with Gasteiger partial charge in [-0.15, -0.1) is 0 Å². The molecule has 0 saturated carbocycles. The first-order valence-electron chi connectivity index (χ1n) is 16.6. The van der Waals surface area contributed by atoms with Crippen LogP contribution in [0.1, 0.15) is 0 Å². The highest BCUT2D eigenvalue weighted by Crippen LogP contribution is 2.43. The van der Waals surface area contributed by atoms with Gasteiger partial charge in [-0.05, 0) is 70.8 Å². The molecule has 0 aliphatic rings. The Morgan fingerprint density at radius 1 is 0.380 bits per heavy atom. The van der Waals surface area contributed by atoms with Gasteiger partial charge in [-0.3, -0.25) is 4.98 Å². The minimum atomic E-state index is 0.603. The normalized spacial score (nSPS) is 11.6. The summed E-state index contributed by atoms with van der Waals surface area (Å²) in [6.07, 6.45) is 3.63. The molecule has 0 atom stereocenters. The molecule has 0 radical (unpaired) electrons. The molecular weight excluding hydrogens is 615 g/mol. The molecule has 0 amide bonds. The molecule has 4 aromatic heterocycles. The summed E-state index contributed by atoms with van der Waals surface area (Å²) in [5.74, 6) is 0.603. The molecular formula is C45H27N3O2. The van der Waals surface area contributed by atoms with Crippen LogP contribution in [0, 0.1) is 0 Å². The Balaban J connectivity index is 1.18. The van der Waals surface area contributed by atoms with E-state index in [0.717, 1.165) is 94.2 Å². The maximum Gasteiger partial charge on any atom is 0.164 e. The minimum absolute atomic E-state index is 0.603. The number of pyridine rings is 1. The smallest absolute Gasteiger partial charge is 0.164 e. The number of fused-ring (bicyclic) bond motifs is 6. The summed E-state index contributed by atoms with van der Waals surface area (Å²) < 4.78 is 12.8. The first-order chi connectivity index (χ1) is 24.8. The van der Waals surface area contributed by atoms with Crippen LogP contribution in [0.3, 0.4) is 0 Å². The fourth-order valence-electron chi connectivity index (χ4n) is 6.99. The largest absolute Gasteiger partial charge is 0.456 e. The lowest BCUT2D eigenvalue weighted by atomic mass is 9.95. The second-order valence-corrected chi connectivity index (χ2v) is 12.4. The van der Waals surface area contributed by atoms with Crippen LogP contribution in [0.4, 0.5) is 0 Å². The van der Waals surface area contributed by atoms with Gasteiger partial charge in [0.05, 0.1) is 17.0 Å². The standard InChI is InChI=1S/C45H27N3O2/c1-2-8-30(9-3-1)38-27-39(31-16-14-28(15-17-31)29-22-24-46-25-23-29)48-45(47-38)36-20-19-33(43-35-11-5-7-13-41(35)50-44(36)43)32-18-21-42-37(26-32)34-10-4-6-12-40(34)49-42/h1-27H. The lowest BCUT2D eigenvalue weighted by Crippen LogP contribution is -1.96. The number of hydrogen-bond acceptors (Lipinski definition) is 5. The summed E-state index contributed by atoms with van der Waals surface area (Å²) in [6.45, 7) is 0. The molecule has 10 rings (SSSR count). The zero-order valence-electron chi connectivity index (χ0n) is 26.7. The number of nitrogens with zero attached hydrogens (tertiary/aromatic N) is 3. The monoisotopic (exact) mass is 641 g/mol. The van der Waals surface area contributed by atoms with E-state index in [2.05, 4.69) is 96.0 Å². The van der Waals surface area contributed by atoms with E-state index in [-0.39, 0.29) is 0 Å². The predicted molar refractivity (Wildman–Crippen MR) is 202 cm³/mol. The number of benzene rings is 6. The van der Waals surface area contributed by atoms with Crippen molar-refractivity contribution >= 4 is 43.9 Å². The summed E-state index contributed by atoms with van der Waals surface area (Å²) in [4.78, 5) is 14.5. The highest BCUT2D eigenvalue weighted by molar-refractivity contribution is 6.17. The van der Waals surface area contributed by atoms with Crippen LogP contribution in [0.2, 0.25) is 0 Å². The molecule has 0 N–H and O–H groups in total. The maximum atomic E-state index is 6.70. The molecule has 5 nitrogen and oxygen atoms in total. The average molecular weight is 642 g/mol. The molecule has 0 fully saturated rings. The lowest BCUT2D eigenvalue weighted by Gasteiger charge is -2.12. The second-order valence-electron chi connectivity index (χ2n) is 12.4. The fourth-order valence-corrected chi connectivity index (χ4v) is 6.99. The quantitative estimate of drug-likeness (QED) is 0.187. The predicted octanol–water partition coefficient (Wildman–Crippen LogP) is 12.0. The van der Waals surface area contributed by atoms with E-state index in [0.29, 0.717) is 5.82 Å². The summed E-state index contributed by atoms with van der Waals surface area (Å²) in [7, 11) is 0. The number of furan rings is 2. The van der Waals surface area contributed by atoms with Gasteiger partial charge in [-0.1, -0.05) is 103 Å². The third-order valence-electron chi connectivity index (χ3n) is 9.44. The van der Waals surface area contributed by atoms with Gasteiger partial charge in [0.2, 0.25) is 0 Å². The Morgan fingerprint density at radius 3 is 1.74 bits per heavy atom. The van der Waals surface area contributed by atoms with Crippen molar-refractivity contribution < 1.29 is 8.83 Å². The number of rotatable bonds is 5. The van der Waals surface area contributed by atoms with Crippen molar-refractivity contribution in [3.63, 3.8) is 0 Å². The molecule has 0 unspecified atom stereocenters. The first kappa shape index (κ1) is 28.2. The molecule has 50 heavy (non-hydrogen) atoms. The second kappa shape index (κ2) is 11.4. The van der Waals surface area contributed by atoms with Crippen molar-refractivity contribution in [2.75, 3.05) is 0 Å². The molecule has 0 bridgehead atoms. The summed E-state index contributed by atoms with van der Waals surface area (Å²) in [6, 6.07) is 51.9. The Bertz CT molecular complexity index is 2850. The highest BCUT2D eigenvalue weighted by Gasteiger charge is 2.21. The van der Waals surface area contributed by atoms with E-state index >= 15 is 0 Å².